The second kappa shape index (κ2) is 8.19. The fourth-order valence-corrected chi connectivity index (χ4v) is 4.14. The van der Waals surface area contributed by atoms with E-state index in [1.54, 1.807) is 0 Å². The van der Waals surface area contributed by atoms with Gasteiger partial charge in [-0.1, -0.05) is 48.0 Å². The third kappa shape index (κ3) is 3.69. The molecule has 1 saturated heterocycles. The predicted molar refractivity (Wildman–Crippen MR) is 113 cm³/mol. The lowest BCUT2D eigenvalue weighted by molar-refractivity contribution is -0.135. The SMILES string of the molecule is CCn1cc(C(CC(=O)N2CCOCC2)c2ccc(C)cc2)c2ccccc21. The summed E-state index contributed by atoms with van der Waals surface area (Å²) in [5.41, 5.74) is 4.91. The highest BCUT2D eigenvalue weighted by molar-refractivity contribution is 5.86. The number of ether oxygens (including phenoxy) is 1. The first-order valence-electron chi connectivity index (χ1n) is 10.2. The van der Waals surface area contributed by atoms with Crippen molar-refractivity contribution in [3.63, 3.8) is 0 Å². The number of benzene rings is 2. The van der Waals surface area contributed by atoms with Crippen LogP contribution in [0.1, 0.15) is 36.0 Å². The van der Waals surface area contributed by atoms with Gasteiger partial charge in [0.2, 0.25) is 5.91 Å². The number of hydrogen-bond acceptors (Lipinski definition) is 2. The molecule has 1 amide bonds. The molecule has 4 nitrogen and oxygen atoms in total. The Morgan fingerprint density at radius 3 is 2.50 bits per heavy atom. The Morgan fingerprint density at radius 2 is 1.79 bits per heavy atom. The van der Waals surface area contributed by atoms with Crippen LogP contribution in [0.25, 0.3) is 10.9 Å². The maximum absolute atomic E-state index is 13.1. The summed E-state index contributed by atoms with van der Waals surface area (Å²) in [7, 11) is 0. The topological polar surface area (TPSA) is 34.5 Å². The monoisotopic (exact) mass is 376 g/mol. The van der Waals surface area contributed by atoms with Gasteiger partial charge in [-0.2, -0.15) is 0 Å². The molecular formula is C24H28N2O2. The summed E-state index contributed by atoms with van der Waals surface area (Å²) >= 11 is 0. The molecule has 0 aliphatic carbocycles. The molecule has 0 N–H and O–H groups in total. The number of aryl methyl sites for hydroxylation is 2. The molecule has 2 heterocycles. The first kappa shape index (κ1) is 18.8. The zero-order chi connectivity index (χ0) is 19.5. The van der Waals surface area contributed by atoms with E-state index in [-0.39, 0.29) is 11.8 Å². The number of nitrogens with zero attached hydrogens (tertiary/aromatic N) is 2. The number of amides is 1. The molecule has 0 radical (unpaired) electrons. The van der Waals surface area contributed by atoms with Gasteiger partial charge in [-0.3, -0.25) is 4.79 Å². The second-order valence-electron chi connectivity index (χ2n) is 7.55. The number of carbonyl (C=O) groups is 1. The highest BCUT2D eigenvalue weighted by atomic mass is 16.5. The van der Waals surface area contributed by atoms with Crippen molar-refractivity contribution in [2.75, 3.05) is 26.3 Å². The lowest BCUT2D eigenvalue weighted by Crippen LogP contribution is -2.41. The number of para-hydroxylation sites is 1. The average molecular weight is 377 g/mol. The van der Waals surface area contributed by atoms with Crippen molar-refractivity contribution in [2.45, 2.75) is 32.7 Å². The fourth-order valence-electron chi connectivity index (χ4n) is 4.14. The van der Waals surface area contributed by atoms with Gasteiger partial charge in [-0.05, 0) is 31.0 Å². The van der Waals surface area contributed by atoms with Crippen molar-refractivity contribution in [3.8, 4) is 0 Å². The van der Waals surface area contributed by atoms with E-state index in [0.717, 1.165) is 6.54 Å². The van der Waals surface area contributed by atoms with E-state index in [2.05, 4.69) is 73.1 Å². The number of fused-ring (bicyclic) bond motifs is 1. The van der Waals surface area contributed by atoms with Crippen molar-refractivity contribution in [3.05, 3.63) is 71.4 Å². The van der Waals surface area contributed by atoms with Gasteiger partial charge in [0.15, 0.2) is 0 Å². The van der Waals surface area contributed by atoms with Crippen LogP contribution in [0, 0.1) is 6.92 Å². The Morgan fingerprint density at radius 1 is 1.07 bits per heavy atom. The summed E-state index contributed by atoms with van der Waals surface area (Å²) in [6, 6.07) is 17.1. The molecule has 1 atom stereocenters. The van der Waals surface area contributed by atoms with Gasteiger partial charge in [0.25, 0.3) is 0 Å². The number of carbonyl (C=O) groups excluding carboxylic acids is 1. The van der Waals surface area contributed by atoms with Crippen LogP contribution in [0.15, 0.2) is 54.7 Å². The Hall–Kier alpha value is -2.59. The van der Waals surface area contributed by atoms with Gasteiger partial charge in [0.05, 0.1) is 13.2 Å². The van der Waals surface area contributed by atoms with Crippen molar-refractivity contribution in [1.29, 1.82) is 0 Å². The minimum Gasteiger partial charge on any atom is -0.378 e. The highest BCUT2D eigenvalue weighted by Crippen LogP contribution is 2.35. The van der Waals surface area contributed by atoms with Crippen LogP contribution < -0.4 is 0 Å². The number of morpholine rings is 1. The molecule has 2 aromatic carbocycles. The maximum atomic E-state index is 13.1. The van der Waals surface area contributed by atoms with Gasteiger partial charge < -0.3 is 14.2 Å². The molecule has 4 rings (SSSR count). The van der Waals surface area contributed by atoms with Gasteiger partial charge in [0.1, 0.15) is 0 Å². The zero-order valence-electron chi connectivity index (χ0n) is 16.7. The van der Waals surface area contributed by atoms with E-state index in [9.17, 15) is 4.79 Å². The first-order chi connectivity index (χ1) is 13.7. The second-order valence-corrected chi connectivity index (χ2v) is 7.55. The lowest BCUT2D eigenvalue weighted by atomic mass is 9.87. The summed E-state index contributed by atoms with van der Waals surface area (Å²) in [6.45, 7) is 7.83. The molecule has 146 valence electrons. The number of aromatic nitrogens is 1. The van der Waals surface area contributed by atoms with Crippen LogP contribution >= 0.6 is 0 Å². The van der Waals surface area contributed by atoms with E-state index in [4.69, 9.17) is 4.74 Å². The van der Waals surface area contributed by atoms with E-state index >= 15 is 0 Å². The molecule has 1 fully saturated rings. The molecule has 4 heteroatoms. The fraction of sp³-hybridized carbons (Fsp3) is 0.375. The summed E-state index contributed by atoms with van der Waals surface area (Å²) < 4.78 is 7.70. The predicted octanol–water partition coefficient (Wildman–Crippen LogP) is 4.35. The maximum Gasteiger partial charge on any atom is 0.223 e. The number of hydrogen-bond donors (Lipinski definition) is 0. The third-order valence-corrected chi connectivity index (χ3v) is 5.76. The quantitative estimate of drug-likeness (QED) is 0.663. The molecule has 1 aliphatic heterocycles. The van der Waals surface area contributed by atoms with Crippen LogP contribution in [-0.2, 0) is 16.1 Å². The number of rotatable bonds is 5. The summed E-state index contributed by atoms with van der Waals surface area (Å²) in [5.74, 6) is 0.260. The van der Waals surface area contributed by atoms with Crippen LogP contribution in [-0.4, -0.2) is 41.7 Å². The molecule has 28 heavy (non-hydrogen) atoms. The zero-order valence-corrected chi connectivity index (χ0v) is 16.7. The minimum absolute atomic E-state index is 0.0497. The molecule has 1 unspecified atom stereocenters. The lowest BCUT2D eigenvalue weighted by Gasteiger charge is -2.28. The summed E-state index contributed by atoms with van der Waals surface area (Å²) in [6.07, 6.45) is 2.72. The van der Waals surface area contributed by atoms with Crippen molar-refractivity contribution >= 4 is 16.8 Å². The first-order valence-corrected chi connectivity index (χ1v) is 10.2. The highest BCUT2D eigenvalue weighted by Gasteiger charge is 2.26. The Labute approximate surface area is 166 Å². The normalized spacial score (nSPS) is 15.7. The molecular weight excluding hydrogens is 348 g/mol. The van der Waals surface area contributed by atoms with Crippen molar-refractivity contribution in [2.24, 2.45) is 0 Å². The van der Waals surface area contributed by atoms with E-state index < -0.39 is 0 Å². The largest absolute Gasteiger partial charge is 0.378 e. The average Bonchev–Trinajstić information content (AvgIpc) is 3.12. The minimum atomic E-state index is 0.0497. The van der Waals surface area contributed by atoms with E-state index in [0.29, 0.717) is 32.7 Å². The third-order valence-electron chi connectivity index (χ3n) is 5.76. The molecule has 3 aromatic rings. The van der Waals surface area contributed by atoms with Gasteiger partial charge >= 0.3 is 0 Å². The van der Waals surface area contributed by atoms with Crippen LogP contribution in [0.3, 0.4) is 0 Å². The molecule has 0 spiro atoms. The Kier molecular flexibility index (Phi) is 5.49. The molecule has 0 bridgehead atoms. The van der Waals surface area contributed by atoms with Crippen molar-refractivity contribution < 1.29 is 9.53 Å². The van der Waals surface area contributed by atoms with Gasteiger partial charge in [-0.15, -0.1) is 0 Å². The van der Waals surface area contributed by atoms with Crippen LogP contribution in [0.4, 0.5) is 0 Å². The Bertz CT molecular complexity index is 952. The van der Waals surface area contributed by atoms with Crippen LogP contribution in [0.5, 0.6) is 0 Å². The van der Waals surface area contributed by atoms with E-state index in [1.807, 2.05) is 4.90 Å². The van der Waals surface area contributed by atoms with Gasteiger partial charge in [0, 0.05) is 49.1 Å². The van der Waals surface area contributed by atoms with E-state index in [1.165, 1.54) is 27.6 Å². The van der Waals surface area contributed by atoms with Gasteiger partial charge in [-0.25, -0.2) is 0 Å². The molecule has 0 saturated carbocycles. The summed E-state index contributed by atoms with van der Waals surface area (Å²) in [5, 5.41) is 1.24. The van der Waals surface area contributed by atoms with Crippen LogP contribution in [0.2, 0.25) is 0 Å². The Balaban J connectivity index is 1.75. The standard InChI is InChI=1S/C24H28N2O2/c1-3-25-17-22(20-6-4-5-7-23(20)25)21(19-10-8-18(2)9-11-19)16-24(27)26-12-14-28-15-13-26/h4-11,17,21H,3,12-16H2,1-2H3. The van der Waals surface area contributed by atoms with Crippen molar-refractivity contribution in [1.82, 2.24) is 9.47 Å². The molecule has 1 aliphatic rings. The smallest absolute Gasteiger partial charge is 0.223 e. The summed E-state index contributed by atoms with van der Waals surface area (Å²) in [4.78, 5) is 15.0. The molecule has 1 aromatic heterocycles.